The van der Waals surface area contributed by atoms with Gasteiger partial charge in [0, 0.05) is 24.2 Å². The molecule has 0 spiro atoms. The fourth-order valence-electron chi connectivity index (χ4n) is 3.28. The summed E-state index contributed by atoms with van der Waals surface area (Å²) < 4.78 is 79.5. The standard InChI is InChI=1S/C22H16F4N6O4S/c1-11(30-21(33)12-7-14(36-22(24,25)26)9-15(8-12)37(2,34)35)17-18(16-4-3-13(23)10-29-16)32-20-19(31-17)27-5-6-28-20/h3-11H,1-2H3,(H,30,33)/t11-/m0/s1. The highest BCUT2D eigenvalue weighted by atomic mass is 32.2. The van der Waals surface area contributed by atoms with E-state index in [-0.39, 0.29) is 28.4 Å². The molecular formula is C22H16F4N6O4S. The molecule has 10 nitrogen and oxygen atoms in total. The van der Waals surface area contributed by atoms with Gasteiger partial charge in [-0.1, -0.05) is 0 Å². The second kappa shape index (κ2) is 9.65. The number of nitrogens with zero attached hydrogens (tertiary/aromatic N) is 5. The molecule has 1 amide bonds. The van der Waals surface area contributed by atoms with Crippen molar-refractivity contribution in [1.29, 1.82) is 0 Å². The number of sulfone groups is 1. The zero-order chi connectivity index (χ0) is 27.0. The van der Waals surface area contributed by atoms with Gasteiger partial charge in [0.25, 0.3) is 5.91 Å². The van der Waals surface area contributed by atoms with Gasteiger partial charge < -0.3 is 10.1 Å². The lowest BCUT2D eigenvalue weighted by Gasteiger charge is -2.17. The van der Waals surface area contributed by atoms with Gasteiger partial charge in [-0.2, -0.15) is 0 Å². The summed E-state index contributed by atoms with van der Waals surface area (Å²) in [4.78, 5) is 33.4. The van der Waals surface area contributed by atoms with E-state index in [0.29, 0.717) is 6.07 Å². The molecule has 0 fully saturated rings. The van der Waals surface area contributed by atoms with Crippen molar-refractivity contribution in [1.82, 2.24) is 30.2 Å². The van der Waals surface area contributed by atoms with Gasteiger partial charge in [-0.05, 0) is 37.3 Å². The second-order valence-corrected chi connectivity index (χ2v) is 9.75. The quantitative estimate of drug-likeness (QED) is 0.368. The van der Waals surface area contributed by atoms with Crippen LogP contribution >= 0.6 is 0 Å². The lowest BCUT2D eigenvalue weighted by atomic mass is 10.1. The first-order chi connectivity index (χ1) is 17.3. The van der Waals surface area contributed by atoms with Gasteiger partial charge in [0.15, 0.2) is 21.1 Å². The Morgan fingerprint density at radius 3 is 2.30 bits per heavy atom. The number of hydrogen-bond donors (Lipinski definition) is 1. The van der Waals surface area contributed by atoms with Gasteiger partial charge in [-0.25, -0.2) is 32.7 Å². The normalized spacial score (nSPS) is 12.8. The van der Waals surface area contributed by atoms with Crippen molar-refractivity contribution < 1.29 is 35.5 Å². The molecule has 0 aliphatic carbocycles. The third-order valence-electron chi connectivity index (χ3n) is 4.88. The van der Waals surface area contributed by atoms with Gasteiger partial charge in [0.1, 0.15) is 17.3 Å². The van der Waals surface area contributed by atoms with Gasteiger partial charge in [0.2, 0.25) is 0 Å². The Bertz CT molecular complexity index is 1600. The molecule has 192 valence electrons. The number of rotatable bonds is 6. The van der Waals surface area contributed by atoms with E-state index in [1.807, 2.05) is 0 Å². The lowest BCUT2D eigenvalue weighted by molar-refractivity contribution is -0.274. The average molecular weight is 536 g/mol. The Kier molecular flexibility index (Phi) is 6.73. The summed E-state index contributed by atoms with van der Waals surface area (Å²) in [5, 5.41) is 2.54. The third-order valence-corrected chi connectivity index (χ3v) is 5.97. The summed E-state index contributed by atoms with van der Waals surface area (Å²) in [7, 11) is -3.99. The van der Waals surface area contributed by atoms with E-state index in [9.17, 15) is 30.8 Å². The maximum atomic E-state index is 13.4. The highest BCUT2D eigenvalue weighted by molar-refractivity contribution is 7.90. The minimum atomic E-state index is -5.12. The molecule has 1 N–H and O–H groups in total. The molecule has 0 unspecified atom stereocenters. The van der Waals surface area contributed by atoms with E-state index >= 15 is 0 Å². The van der Waals surface area contributed by atoms with Crippen LogP contribution in [0.25, 0.3) is 22.7 Å². The largest absolute Gasteiger partial charge is 0.573 e. The number of hydrogen-bond acceptors (Lipinski definition) is 9. The third kappa shape index (κ3) is 6.11. The fourth-order valence-corrected chi connectivity index (χ4v) is 3.95. The average Bonchev–Trinajstić information content (AvgIpc) is 2.82. The molecule has 37 heavy (non-hydrogen) atoms. The molecule has 4 rings (SSSR count). The van der Waals surface area contributed by atoms with Crippen LogP contribution in [0.5, 0.6) is 5.75 Å². The van der Waals surface area contributed by atoms with Crippen molar-refractivity contribution >= 4 is 27.0 Å². The van der Waals surface area contributed by atoms with Gasteiger partial charge in [-0.3, -0.25) is 9.78 Å². The first kappa shape index (κ1) is 25.8. The predicted octanol–water partition coefficient (Wildman–Crippen LogP) is 3.41. The molecule has 4 aromatic rings. The molecule has 1 aromatic carbocycles. The number of halogens is 4. The molecule has 3 aromatic heterocycles. The highest BCUT2D eigenvalue weighted by Gasteiger charge is 2.32. The van der Waals surface area contributed by atoms with Gasteiger partial charge in [-0.15, -0.1) is 13.2 Å². The first-order valence-electron chi connectivity index (χ1n) is 10.3. The molecule has 0 saturated carbocycles. The van der Waals surface area contributed by atoms with Crippen molar-refractivity contribution in [3.8, 4) is 17.1 Å². The number of nitrogens with one attached hydrogen (secondary N) is 1. The summed E-state index contributed by atoms with van der Waals surface area (Å²) in [5.41, 5.74) is 0.366. The molecule has 0 aliphatic heterocycles. The molecule has 0 aliphatic rings. The van der Waals surface area contributed by atoms with Crippen LogP contribution in [0.3, 0.4) is 0 Å². The number of ether oxygens (including phenoxy) is 1. The Morgan fingerprint density at radius 1 is 1.03 bits per heavy atom. The zero-order valence-electron chi connectivity index (χ0n) is 19.0. The van der Waals surface area contributed by atoms with E-state index in [1.54, 1.807) is 0 Å². The first-order valence-corrected chi connectivity index (χ1v) is 12.2. The van der Waals surface area contributed by atoms with Gasteiger partial charge >= 0.3 is 6.36 Å². The SMILES string of the molecule is C[C@H](NC(=O)c1cc(OC(F)(F)F)cc(S(C)(=O)=O)c1)c1nc2nccnc2nc1-c1ccc(F)cn1. The Balaban J connectivity index is 1.74. The Hall–Kier alpha value is -4.27. The van der Waals surface area contributed by atoms with Crippen molar-refractivity contribution in [3.63, 3.8) is 0 Å². The second-order valence-electron chi connectivity index (χ2n) is 7.73. The maximum Gasteiger partial charge on any atom is 0.573 e. The number of carbonyl (C=O) groups excluding carboxylic acids is 1. The van der Waals surface area contributed by atoms with Crippen LogP contribution < -0.4 is 10.1 Å². The maximum absolute atomic E-state index is 13.4. The summed E-state index contributed by atoms with van der Waals surface area (Å²) in [6.45, 7) is 1.50. The van der Waals surface area contributed by atoms with E-state index in [2.05, 4.69) is 35.0 Å². The number of pyridine rings is 1. The summed E-state index contributed by atoms with van der Waals surface area (Å²) >= 11 is 0. The van der Waals surface area contributed by atoms with Crippen LogP contribution in [0.2, 0.25) is 0 Å². The van der Waals surface area contributed by atoms with Gasteiger partial charge in [0.05, 0.1) is 28.5 Å². The Labute approximate surface area is 206 Å². The van der Waals surface area contributed by atoms with E-state index < -0.39 is 50.2 Å². The number of fused-ring (bicyclic) bond motifs is 1. The van der Waals surface area contributed by atoms with E-state index in [1.165, 1.54) is 25.4 Å². The van der Waals surface area contributed by atoms with Crippen molar-refractivity contribution in [3.05, 3.63) is 66.0 Å². The molecule has 0 saturated heterocycles. The van der Waals surface area contributed by atoms with Crippen LogP contribution in [0, 0.1) is 5.82 Å². The summed E-state index contributed by atoms with van der Waals surface area (Å²) in [5.74, 6) is -2.41. The number of amides is 1. The zero-order valence-corrected chi connectivity index (χ0v) is 19.8. The van der Waals surface area contributed by atoms with Crippen LogP contribution in [0.15, 0.2) is 53.8 Å². The number of aromatic nitrogens is 5. The number of benzene rings is 1. The fraction of sp³-hybridized carbons (Fsp3) is 0.182. The van der Waals surface area contributed by atoms with Crippen LogP contribution in [0.4, 0.5) is 17.6 Å². The molecule has 3 heterocycles. The minimum Gasteiger partial charge on any atom is -0.406 e. The van der Waals surface area contributed by atoms with Crippen LogP contribution in [-0.4, -0.2) is 51.9 Å². The molecule has 1 atom stereocenters. The predicted molar refractivity (Wildman–Crippen MR) is 120 cm³/mol. The van der Waals surface area contributed by atoms with Crippen molar-refractivity contribution in [2.75, 3.05) is 6.26 Å². The topological polar surface area (TPSA) is 137 Å². The highest BCUT2D eigenvalue weighted by Crippen LogP contribution is 2.29. The van der Waals surface area contributed by atoms with Crippen LogP contribution in [-0.2, 0) is 9.84 Å². The van der Waals surface area contributed by atoms with E-state index in [4.69, 9.17) is 0 Å². The monoisotopic (exact) mass is 536 g/mol. The molecule has 15 heteroatoms. The number of carbonyl (C=O) groups is 1. The minimum absolute atomic E-state index is 0.129. The van der Waals surface area contributed by atoms with E-state index in [0.717, 1.165) is 30.7 Å². The molecule has 0 bridgehead atoms. The summed E-state index contributed by atoms with van der Waals surface area (Å²) in [6, 6.07) is 3.88. The van der Waals surface area contributed by atoms with Crippen LogP contribution in [0.1, 0.15) is 29.0 Å². The smallest absolute Gasteiger partial charge is 0.406 e. The van der Waals surface area contributed by atoms with Crippen molar-refractivity contribution in [2.45, 2.75) is 24.2 Å². The lowest BCUT2D eigenvalue weighted by Crippen LogP contribution is -2.28. The molecule has 0 radical (unpaired) electrons. The van der Waals surface area contributed by atoms with Crippen molar-refractivity contribution in [2.24, 2.45) is 0 Å². The molecular weight excluding hydrogens is 520 g/mol. The summed E-state index contributed by atoms with van der Waals surface area (Å²) in [6.07, 6.45) is -0.616. The Morgan fingerprint density at radius 2 is 1.70 bits per heavy atom. The number of alkyl halides is 3.